The molecule has 3 unspecified atom stereocenters. The van der Waals surface area contributed by atoms with E-state index in [2.05, 4.69) is 24.0 Å². The summed E-state index contributed by atoms with van der Waals surface area (Å²) < 4.78 is 5.86. The van der Waals surface area contributed by atoms with Crippen LogP contribution < -0.4 is 0 Å². The largest absolute Gasteiger partial charge is 0.508 e. The lowest BCUT2D eigenvalue weighted by molar-refractivity contribution is -0.0700. The highest BCUT2D eigenvalue weighted by atomic mass is 16.5. The Morgan fingerprint density at radius 3 is 3.00 bits per heavy atom. The summed E-state index contributed by atoms with van der Waals surface area (Å²) in [5.41, 5.74) is 2.15. The van der Waals surface area contributed by atoms with Crippen molar-refractivity contribution in [2.24, 2.45) is 0 Å². The minimum atomic E-state index is 0.259. The average Bonchev–Trinajstić information content (AvgIpc) is 2.86. The molecule has 1 heterocycles. The van der Waals surface area contributed by atoms with Crippen molar-refractivity contribution in [3.8, 4) is 5.75 Å². The molecule has 2 aliphatic rings. The normalized spacial score (nSPS) is 29.2. The highest BCUT2D eigenvalue weighted by Gasteiger charge is 2.38. The van der Waals surface area contributed by atoms with Crippen LogP contribution in [0.25, 0.3) is 0 Å². The number of hydrogen-bond donors (Lipinski definition) is 1. The van der Waals surface area contributed by atoms with Crippen molar-refractivity contribution in [2.45, 2.75) is 51.3 Å². The second-order valence-electron chi connectivity index (χ2n) is 5.88. The van der Waals surface area contributed by atoms with Gasteiger partial charge < -0.3 is 9.84 Å². The van der Waals surface area contributed by atoms with Crippen molar-refractivity contribution in [2.75, 3.05) is 13.2 Å². The number of phenolic OH excluding ortho intramolecular Hbond substituents is 1. The third kappa shape index (κ3) is 2.37. The number of ether oxygens (including phenoxy) is 1. The molecule has 1 aliphatic heterocycles. The Bertz CT molecular complexity index is 460. The zero-order valence-electron chi connectivity index (χ0n) is 11.8. The van der Waals surface area contributed by atoms with Gasteiger partial charge in [0.1, 0.15) is 5.75 Å². The molecule has 1 N–H and O–H groups in total. The second kappa shape index (κ2) is 5.14. The van der Waals surface area contributed by atoms with E-state index in [4.69, 9.17) is 4.74 Å². The van der Waals surface area contributed by atoms with Crippen molar-refractivity contribution in [3.63, 3.8) is 0 Å². The number of fused-ring (bicyclic) bond motifs is 1. The van der Waals surface area contributed by atoms with Crippen molar-refractivity contribution in [3.05, 3.63) is 29.3 Å². The molecule has 3 atom stereocenters. The van der Waals surface area contributed by atoms with E-state index >= 15 is 0 Å². The molecule has 104 valence electrons. The highest BCUT2D eigenvalue weighted by molar-refractivity contribution is 5.38. The number of aryl methyl sites for hydroxylation is 1. The van der Waals surface area contributed by atoms with Gasteiger partial charge in [-0.25, -0.2) is 0 Å². The Hall–Kier alpha value is -1.06. The Balaban J connectivity index is 1.84. The maximum atomic E-state index is 10.2. The fourth-order valence-corrected chi connectivity index (χ4v) is 3.62. The van der Waals surface area contributed by atoms with E-state index in [0.717, 1.165) is 24.3 Å². The maximum absolute atomic E-state index is 10.2. The fraction of sp³-hybridized carbons (Fsp3) is 0.625. The van der Waals surface area contributed by atoms with Crippen LogP contribution in [0.4, 0.5) is 0 Å². The molecule has 0 spiro atoms. The third-order valence-electron chi connectivity index (χ3n) is 4.66. The van der Waals surface area contributed by atoms with Crippen LogP contribution in [0, 0.1) is 6.92 Å². The third-order valence-corrected chi connectivity index (χ3v) is 4.66. The van der Waals surface area contributed by atoms with Gasteiger partial charge in [0.2, 0.25) is 0 Å². The summed E-state index contributed by atoms with van der Waals surface area (Å²) in [5.74, 6) is 0.425. The lowest BCUT2D eigenvalue weighted by Crippen LogP contribution is -2.49. The number of nitrogens with zero attached hydrogens (tertiary/aromatic N) is 1. The Labute approximate surface area is 115 Å². The first-order valence-electron chi connectivity index (χ1n) is 7.33. The van der Waals surface area contributed by atoms with Gasteiger partial charge in [-0.2, -0.15) is 0 Å². The van der Waals surface area contributed by atoms with Crippen LogP contribution in [-0.4, -0.2) is 35.3 Å². The number of morpholine rings is 1. The van der Waals surface area contributed by atoms with E-state index in [-0.39, 0.29) is 6.04 Å². The lowest BCUT2D eigenvalue weighted by Gasteiger charge is -2.41. The van der Waals surface area contributed by atoms with E-state index in [1.54, 1.807) is 0 Å². The number of rotatable bonds is 2. The van der Waals surface area contributed by atoms with E-state index in [1.165, 1.54) is 19.3 Å². The quantitative estimate of drug-likeness (QED) is 0.888. The SMILES string of the molecule is Cc1ccc(C(C)N2CCOC3CCCC32)c(O)c1. The van der Waals surface area contributed by atoms with Crippen LogP contribution in [0.5, 0.6) is 5.75 Å². The summed E-state index contributed by atoms with van der Waals surface area (Å²) in [6.45, 7) is 5.99. The van der Waals surface area contributed by atoms with Crippen LogP contribution in [0.3, 0.4) is 0 Å². The molecule has 0 aromatic heterocycles. The molecule has 1 aromatic carbocycles. The molecule has 1 aliphatic carbocycles. The summed E-state index contributed by atoms with van der Waals surface area (Å²) in [6, 6.07) is 6.80. The number of hydrogen-bond acceptors (Lipinski definition) is 3. The Morgan fingerprint density at radius 1 is 1.37 bits per heavy atom. The van der Waals surface area contributed by atoms with E-state index in [0.29, 0.717) is 17.9 Å². The molecule has 2 fully saturated rings. The highest BCUT2D eigenvalue weighted by Crippen LogP contribution is 2.37. The predicted octanol–water partition coefficient (Wildman–Crippen LogP) is 3.01. The minimum Gasteiger partial charge on any atom is -0.508 e. The summed E-state index contributed by atoms with van der Waals surface area (Å²) >= 11 is 0. The molecule has 0 bridgehead atoms. The Kier molecular flexibility index (Phi) is 3.50. The Morgan fingerprint density at radius 2 is 2.21 bits per heavy atom. The van der Waals surface area contributed by atoms with E-state index in [9.17, 15) is 5.11 Å². The standard InChI is InChI=1S/C16H23NO2/c1-11-6-7-13(15(18)10-11)12(2)17-8-9-19-16-5-3-4-14(16)17/h6-7,10,12,14,16,18H,3-5,8-9H2,1-2H3. The van der Waals surface area contributed by atoms with Crippen molar-refractivity contribution >= 4 is 0 Å². The first-order chi connectivity index (χ1) is 9.16. The van der Waals surface area contributed by atoms with Crippen molar-refractivity contribution in [1.82, 2.24) is 4.90 Å². The summed E-state index contributed by atoms with van der Waals surface area (Å²) in [5, 5.41) is 10.2. The van der Waals surface area contributed by atoms with Gasteiger partial charge in [-0.3, -0.25) is 4.90 Å². The van der Waals surface area contributed by atoms with Gasteiger partial charge >= 0.3 is 0 Å². The van der Waals surface area contributed by atoms with Crippen LogP contribution in [0.15, 0.2) is 18.2 Å². The van der Waals surface area contributed by atoms with Crippen LogP contribution >= 0.6 is 0 Å². The number of phenols is 1. The van der Waals surface area contributed by atoms with Crippen LogP contribution in [0.2, 0.25) is 0 Å². The molecule has 3 rings (SSSR count). The smallest absolute Gasteiger partial charge is 0.120 e. The first kappa shape index (κ1) is 12.9. The van der Waals surface area contributed by atoms with E-state index < -0.39 is 0 Å². The van der Waals surface area contributed by atoms with Gasteiger partial charge in [-0.15, -0.1) is 0 Å². The topological polar surface area (TPSA) is 32.7 Å². The summed E-state index contributed by atoms with van der Waals surface area (Å²) in [4.78, 5) is 2.52. The first-order valence-corrected chi connectivity index (χ1v) is 7.33. The molecular formula is C16H23NO2. The average molecular weight is 261 g/mol. The van der Waals surface area contributed by atoms with Crippen LogP contribution in [-0.2, 0) is 4.74 Å². The molecule has 3 nitrogen and oxygen atoms in total. The minimum absolute atomic E-state index is 0.259. The van der Waals surface area contributed by atoms with E-state index in [1.807, 2.05) is 13.0 Å². The van der Waals surface area contributed by atoms with Gasteiger partial charge in [0.15, 0.2) is 0 Å². The second-order valence-corrected chi connectivity index (χ2v) is 5.88. The zero-order valence-corrected chi connectivity index (χ0v) is 11.8. The molecule has 0 radical (unpaired) electrons. The molecular weight excluding hydrogens is 238 g/mol. The summed E-state index contributed by atoms with van der Waals surface area (Å²) in [7, 11) is 0. The number of benzene rings is 1. The van der Waals surface area contributed by atoms with Gasteiger partial charge in [0, 0.05) is 24.2 Å². The zero-order chi connectivity index (χ0) is 13.4. The van der Waals surface area contributed by atoms with Crippen molar-refractivity contribution < 1.29 is 9.84 Å². The molecule has 3 heteroatoms. The molecule has 1 aromatic rings. The summed E-state index contributed by atoms with van der Waals surface area (Å²) in [6.07, 6.45) is 4.08. The molecule has 1 saturated heterocycles. The van der Waals surface area contributed by atoms with Crippen molar-refractivity contribution in [1.29, 1.82) is 0 Å². The maximum Gasteiger partial charge on any atom is 0.120 e. The fourth-order valence-electron chi connectivity index (χ4n) is 3.62. The van der Waals surface area contributed by atoms with Gasteiger partial charge in [0.25, 0.3) is 0 Å². The number of aromatic hydroxyl groups is 1. The molecule has 19 heavy (non-hydrogen) atoms. The molecule has 0 amide bonds. The monoisotopic (exact) mass is 261 g/mol. The lowest BCUT2D eigenvalue weighted by atomic mass is 10.00. The van der Waals surface area contributed by atoms with Gasteiger partial charge in [0.05, 0.1) is 12.7 Å². The predicted molar refractivity (Wildman–Crippen MR) is 75.3 cm³/mol. The van der Waals surface area contributed by atoms with Gasteiger partial charge in [-0.1, -0.05) is 12.1 Å². The molecule has 1 saturated carbocycles. The van der Waals surface area contributed by atoms with Gasteiger partial charge in [-0.05, 0) is 44.7 Å². The van der Waals surface area contributed by atoms with Crippen LogP contribution in [0.1, 0.15) is 43.4 Å².